The lowest BCUT2D eigenvalue weighted by molar-refractivity contribution is 0.00519. The number of rotatable bonds is 5. The molecule has 5 nitrogen and oxygen atoms in total. The van der Waals surface area contributed by atoms with E-state index in [9.17, 15) is 9.90 Å². The molecule has 0 atom stereocenters. The van der Waals surface area contributed by atoms with Gasteiger partial charge in [0.05, 0.1) is 5.60 Å². The van der Waals surface area contributed by atoms with Gasteiger partial charge in [0.2, 0.25) is 5.89 Å². The number of benzene rings is 1. The zero-order valence-electron chi connectivity index (χ0n) is 14.3. The molecule has 1 amide bonds. The van der Waals surface area contributed by atoms with E-state index < -0.39 is 5.60 Å². The van der Waals surface area contributed by atoms with Crippen LogP contribution in [0.5, 0.6) is 0 Å². The summed E-state index contributed by atoms with van der Waals surface area (Å²) in [4.78, 5) is 17.2. The summed E-state index contributed by atoms with van der Waals surface area (Å²) < 4.78 is 5.93. The van der Waals surface area contributed by atoms with Crippen molar-refractivity contribution in [1.82, 2.24) is 10.3 Å². The quantitative estimate of drug-likeness (QED) is 0.871. The molecule has 0 aliphatic heterocycles. The van der Waals surface area contributed by atoms with Crippen LogP contribution in [0.2, 0.25) is 0 Å². The Morgan fingerprint density at radius 3 is 2.60 bits per heavy atom. The number of carbonyl (C=O) groups is 1. The van der Waals surface area contributed by atoms with Crippen LogP contribution < -0.4 is 5.32 Å². The van der Waals surface area contributed by atoms with Gasteiger partial charge in [-0.25, -0.2) is 4.98 Å². The number of hydrogen-bond acceptors (Lipinski definition) is 4. The third kappa shape index (κ3) is 3.61. The van der Waals surface area contributed by atoms with E-state index in [-0.39, 0.29) is 12.5 Å². The standard InChI is InChI=1S/C20H24N2O3/c23-18(21-13-20(24)11-5-2-6-12-20)16-17(14-9-10-14)25-19(22-16)15-7-3-1-4-8-15/h1,3-4,7-8,14,24H,2,5-6,9-13H2,(H,21,23). The van der Waals surface area contributed by atoms with Crippen molar-refractivity contribution < 1.29 is 14.3 Å². The van der Waals surface area contributed by atoms with Crippen LogP contribution >= 0.6 is 0 Å². The molecule has 2 aliphatic rings. The molecule has 0 bridgehead atoms. The monoisotopic (exact) mass is 340 g/mol. The average Bonchev–Trinajstić information content (AvgIpc) is 3.39. The van der Waals surface area contributed by atoms with Crippen molar-refractivity contribution in [3.63, 3.8) is 0 Å². The van der Waals surface area contributed by atoms with Crippen LogP contribution in [-0.2, 0) is 0 Å². The van der Waals surface area contributed by atoms with Crippen molar-refractivity contribution in [2.45, 2.75) is 56.5 Å². The molecular formula is C20H24N2O3. The SMILES string of the molecule is O=C(NCC1(O)CCCCC1)c1nc(-c2ccccc2)oc1C1CC1. The second kappa shape index (κ2) is 6.64. The fourth-order valence-electron chi connectivity index (χ4n) is 3.54. The third-order valence-corrected chi connectivity index (χ3v) is 5.20. The number of aliphatic hydroxyl groups is 1. The fourth-order valence-corrected chi connectivity index (χ4v) is 3.54. The summed E-state index contributed by atoms with van der Waals surface area (Å²) in [5.41, 5.74) is 0.467. The van der Waals surface area contributed by atoms with E-state index in [0.717, 1.165) is 50.5 Å². The minimum atomic E-state index is -0.778. The summed E-state index contributed by atoms with van der Waals surface area (Å²) in [6.07, 6.45) is 6.75. The zero-order valence-corrected chi connectivity index (χ0v) is 14.3. The van der Waals surface area contributed by atoms with Crippen molar-refractivity contribution in [2.24, 2.45) is 0 Å². The van der Waals surface area contributed by atoms with Crippen molar-refractivity contribution >= 4 is 5.91 Å². The van der Waals surface area contributed by atoms with Gasteiger partial charge in [0.1, 0.15) is 5.76 Å². The highest BCUT2D eigenvalue weighted by Gasteiger charge is 2.35. The third-order valence-electron chi connectivity index (χ3n) is 5.20. The number of nitrogens with one attached hydrogen (secondary N) is 1. The molecule has 2 N–H and O–H groups in total. The molecule has 25 heavy (non-hydrogen) atoms. The highest BCUT2D eigenvalue weighted by atomic mass is 16.4. The van der Waals surface area contributed by atoms with E-state index in [1.807, 2.05) is 30.3 Å². The molecule has 2 aliphatic carbocycles. The van der Waals surface area contributed by atoms with Gasteiger partial charge < -0.3 is 14.8 Å². The Kier molecular flexibility index (Phi) is 4.34. The molecule has 2 saturated carbocycles. The first-order chi connectivity index (χ1) is 12.1. The molecule has 2 fully saturated rings. The van der Waals surface area contributed by atoms with Gasteiger partial charge in [-0.2, -0.15) is 0 Å². The zero-order chi connectivity index (χ0) is 17.3. The van der Waals surface area contributed by atoms with Crippen LogP contribution in [0.15, 0.2) is 34.7 Å². The molecule has 0 saturated heterocycles. The maximum atomic E-state index is 12.7. The number of aromatic nitrogens is 1. The van der Waals surface area contributed by atoms with Gasteiger partial charge in [-0.15, -0.1) is 0 Å². The van der Waals surface area contributed by atoms with Crippen molar-refractivity contribution in [3.8, 4) is 11.5 Å². The Balaban J connectivity index is 1.52. The number of oxazole rings is 1. The molecule has 4 rings (SSSR count). The normalized spacial score (nSPS) is 19.6. The number of nitrogens with zero attached hydrogens (tertiary/aromatic N) is 1. The van der Waals surface area contributed by atoms with E-state index in [1.54, 1.807) is 0 Å². The Morgan fingerprint density at radius 1 is 1.20 bits per heavy atom. The molecule has 5 heteroatoms. The van der Waals surface area contributed by atoms with E-state index in [4.69, 9.17) is 4.42 Å². The van der Waals surface area contributed by atoms with Crippen LogP contribution in [-0.4, -0.2) is 28.1 Å². The molecule has 0 spiro atoms. The minimum Gasteiger partial charge on any atom is -0.440 e. The number of amides is 1. The van der Waals surface area contributed by atoms with Crippen LogP contribution in [0.1, 0.15) is 67.1 Å². The van der Waals surface area contributed by atoms with Gasteiger partial charge in [-0.1, -0.05) is 37.5 Å². The van der Waals surface area contributed by atoms with Crippen LogP contribution in [0.25, 0.3) is 11.5 Å². The van der Waals surface area contributed by atoms with Gasteiger partial charge in [-0.05, 0) is 37.8 Å². The smallest absolute Gasteiger partial charge is 0.273 e. The van der Waals surface area contributed by atoms with Gasteiger partial charge >= 0.3 is 0 Å². The van der Waals surface area contributed by atoms with E-state index in [0.29, 0.717) is 23.3 Å². The highest BCUT2D eigenvalue weighted by Crippen LogP contribution is 2.43. The van der Waals surface area contributed by atoms with Crippen molar-refractivity contribution in [3.05, 3.63) is 41.8 Å². The molecule has 0 unspecified atom stereocenters. The largest absolute Gasteiger partial charge is 0.440 e. The molecule has 132 valence electrons. The Hall–Kier alpha value is -2.14. The van der Waals surface area contributed by atoms with Gasteiger partial charge in [0.25, 0.3) is 5.91 Å². The van der Waals surface area contributed by atoms with Crippen molar-refractivity contribution in [1.29, 1.82) is 0 Å². The Bertz CT molecular complexity index is 744. The van der Waals surface area contributed by atoms with Gasteiger partial charge in [0, 0.05) is 18.0 Å². The Morgan fingerprint density at radius 2 is 1.92 bits per heavy atom. The first kappa shape index (κ1) is 16.3. The second-order valence-corrected chi connectivity index (χ2v) is 7.34. The summed E-state index contributed by atoms with van der Waals surface area (Å²) in [7, 11) is 0. The summed E-state index contributed by atoms with van der Waals surface area (Å²) in [5, 5.41) is 13.5. The van der Waals surface area contributed by atoms with Gasteiger partial charge in [0.15, 0.2) is 5.69 Å². The van der Waals surface area contributed by atoms with Gasteiger partial charge in [-0.3, -0.25) is 4.79 Å². The van der Waals surface area contributed by atoms with E-state index in [2.05, 4.69) is 10.3 Å². The summed E-state index contributed by atoms with van der Waals surface area (Å²) in [6.45, 7) is 0.281. The van der Waals surface area contributed by atoms with Crippen LogP contribution in [0.3, 0.4) is 0 Å². The van der Waals surface area contributed by atoms with E-state index >= 15 is 0 Å². The highest BCUT2D eigenvalue weighted by molar-refractivity contribution is 5.94. The van der Waals surface area contributed by atoms with Crippen molar-refractivity contribution in [2.75, 3.05) is 6.54 Å². The summed E-state index contributed by atoms with van der Waals surface area (Å²) in [5.74, 6) is 1.23. The second-order valence-electron chi connectivity index (χ2n) is 7.34. The van der Waals surface area contributed by atoms with Crippen LogP contribution in [0, 0.1) is 0 Å². The lowest BCUT2D eigenvalue weighted by Gasteiger charge is -2.31. The Labute approximate surface area is 147 Å². The molecule has 1 heterocycles. The first-order valence-electron chi connectivity index (χ1n) is 9.21. The first-order valence-corrected chi connectivity index (χ1v) is 9.21. The maximum Gasteiger partial charge on any atom is 0.273 e. The number of hydrogen-bond donors (Lipinski definition) is 2. The topological polar surface area (TPSA) is 75.4 Å². The number of carbonyl (C=O) groups excluding carboxylic acids is 1. The molecular weight excluding hydrogens is 316 g/mol. The molecule has 2 aromatic rings. The molecule has 1 aromatic carbocycles. The predicted octanol–water partition coefficient (Wildman–Crippen LogP) is 3.64. The van der Waals surface area contributed by atoms with Crippen LogP contribution in [0.4, 0.5) is 0 Å². The predicted molar refractivity (Wildman–Crippen MR) is 94.3 cm³/mol. The molecule has 1 aromatic heterocycles. The molecule has 0 radical (unpaired) electrons. The van der Waals surface area contributed by atoms with E-state index in [1.165, 1.54) is 0 Å². The summed E-state index contributed by atoms with van der Waals surface area (Å²) >= 11 is 0. The lowest BCUT2D eigenvalue weighted by Crippen LogP contribution is -2.44. The maximum absolute atomic E-state index is 12.7. The lowest BCUT2D eigenvalue weighted by atomic mass is 9.85. The minimum absolute atomic E-state index is 0.244. The fraction of sp³-hybridized carbons (Fsp3) is 0.500. The summed E-state index contributed by atoms with van der Waals surface area (Å²) in [6, 6.07) is 9.64. The average molecular weight is 340 g/mol.